The van der Waals surface area contributed by atoms with Crippen molar-refractivity contribution in [3.05, 3.63) is 45.7 Å². The first kappa shape index (κ1) is 19.8. The van der Waals surface area contributed by atoms with E-state index in [4.69, 9.17) is 0 Å². The molecule has 1 aliphatic heterocycles. The van der Waals surface area contributed by atoms with Gasteiger partial charge >= 0.3 is 0 Å². The number of hydrogen-bond donors (Lipinski definition) is 3. The van der Waals surface area contributed by atoms with Gasteiger partial charge in [0.25, 0.3) is 5.91 Å². The quantitative estimate of drug-likeness (QED) is 0.596. The number of nitrogens with zero attached hydrogens (tertiary/aromatic N) is 3. The highest BCUT2D eigenvalue weighted by molar-refractivity contribution is 8.01. The number of aromatic amines is 1. The average molecular weight is 423 g/mol. The number of benzene rings is 1. The highest BCUT2D eigenvalue weighted by Crippen LogP contribution is 2.32. The molecule has 3 N–H and O–H groups in total. The van der Waals surface area contributed by atoms with Crippen LogP contribution >= 0.6 is 35.5 Å². The summed E-state index contributed by atoms with van der Waals surface area (Å²) in [6, 6.07) is 5.94. The maximum absolute atomic E-state index is 12.6. The molecule has 0 fully saturated rings. The number of aromatic nitrogens is 4. The number of rotatable bonds is 4. The standard InChI is InChI=1S/C17H18N6OS2.ClH/c1-9-7-11(26-17-23-20-10(2)25-17)3-4-13(9)19-16(24)15-12-8-18-6-5-14(12)21-22-15;/h3-4,7,18H,5-6,8H2,1-2H3,(H,19,24)(H,21,22);1H. The first-order chi connectivity index (χ1) is 12.6. The van der Waals surface area contributed by atoms with Gasteiger partial charge < -0.3 is 10.6 Å². The second-order valence-corrected chi connectivity index (χ2v) is 8.58. The largest absolute Gasteiger partial charge is 0.320 e. The van der Waals surface area contributed by atoms with Gasteiger partial charge in [-0.2, -0.15) is 5.10 Å². The molecule has 0 bridgehead atoms. The van der Waals surface area contributed by atoms with E-state index < -0.39 is 0 Å². The van der Waals surface area contributed by atoms with Crippen molar-refractivity contribution in [2.24, 2.45) is 0 Å². The fraction of sp³-hybridized carbons (Fsp3) is 0.294. The van der Waals surface area contributed by atoms with Crippen molar-refractivity contribution >= 4 is 47.1 Å². The van der Waals surface area contributed by atoms with Gasteiger partial charge in [-0.05, 0) is 37.6 Å². The van der Waals surface area contributed by atoms with Crippen LogP contribution in [-0.2, 0) is 13.0 Å². The van der Waals surface area contributed by atoms with E-state index in [1.165, 1.54) is 0 Å². The zero-order valence-corrected chi connectivity index (χ0v) is 17.3. The number of H-pyrrole nitrogens is 1. The van der Waals surface area contributed by atoms with Crippen molar-refractivity contribution in [1.82, 2.24) is 25.7 Å². The van der Waals surface area contributed by atoms with Gasteiger partial charge in [-0.3, -0.25) is 9.89 Å². The lowest BCUT2D eigenvalue weighted by molar-refractivity contribution is 0.102. The van der Waals surface area contributed by atoms with E-state index >= 15 is 0 Å². The smallest absolute Gasteiger partial charge is 0.276 e. The Kier molecular flexibility index (Phi) is 6.15. The van der Waals surface area contributed by atoms with E-state index in [1.54, 1.807) is 23.1 Å². The third kappa shape index (κ3) is 4.32. The number of carbonyl (C=O) groups excluding carboxylic acids is 1. The van der Waals surface area contributed by atoms with Crippen LogP contribution in [0.3, 0.4) is 0 Å². The number of hydrogen-bond acceptors (Lipinski definition) is 7. The van der Waals surface area contributed by atoms with E-state index in [9.17, 15) is 4.79 Å². The predicted octanol–water partition coefficient (Wildman–Crippen LogP) is 3.35. The molecule has 27 heavy (non-hydrogen) atoms. The molecule has 142 valence electrons. The molecule has 1 aliphatic rings. The molecule has 0 atom stereocenters. The van der Waals surface area contributed by atoms with Crippen molar-refractivity contribution in [3.8, 4) is 0 Å². The number of halogens is 1. The van der Waals surface area contributed by atoms with Gasteiger partial charge in [-0.15, -0.1) is 22.6 Å². The fourth-order valence-electron chi connectivity index (χ4n) is 2.85. The molecule has 0 saturated heterocycles. The summed E-state index contributed by atoms with van der Waals surface area (Å²) in [4.78, 5) is 13.7. The third-order valence-corrected chi connectivity index (χ3v) is 6.06. The topological polar surface area (TPSA) is 95.6 Å². The van der Waals surface area contributed by atoms with E-state index in [0.29, 0.717) is 12.2 Å². The Balaban J connectivity index is 0.00000210. The molecule has 7 nitrogen and oxygen atoms in total. The lowest BCUT2D eigenvalue weighted by atomic mass is 10.1. The molecule has 1 amide bonds. The summed E-state index contributed by atoms with van der Waals surface area (Å²) in [5, 5.41) is 22.5. The molecule has 3 heterocycles. The monoisotopic (exact) mass is 422 g/mol. The summed E-state index contributed by atoms with van der Waals surface area (Å²) in [5.74, 6) is -0.186. The Bertz CT molecular complexity index is 970. The van der Waals surface area contributed by atoms with Crippen LogP contribution in [0.15, 0.2) is 27.4 Å². The Morgan fingerprint density at radius 3 is 2.89 bits per heavy atom. The van der Waals surface area contributed by atoms with Crippen LogP contribution in [-0.4, -0.2) is 32.8 Å². The molecule has 3 aromatic rings. The van der Waals surface area contributed by atoms with Gasteiger partial charge in [0.05, 0.1) is 0 Å². The van der Waals surface area contributed by atoms with Crippen LogP contribution < -0.4 is 10.6 Å². The minimum absolute atomic E-state index is 0. The van der Waals surface area contributed by atoms with Crippen molar-refractivity contribution in [3.63, 3.8) is 0 Å². The van der Waals surface area contributed by atoms with Crippen LogP contribution in [0.25, 0.3) is 0 Å². The molecule has 0 spiro atoms. The number of amides is 1. The number of carbonyl (C=O) groups is 1. The van der Waals surface area contributed by atoms with Gasteiger partial charge in [0.1, 0.15) is 5.01 Å². The van der Waals surface area contributed by atoms with E-state index in [-0.39, 0.29) is 18.3 Å². The summed E-state index contributed by atoms with van der Waals surface area (Å²) < 4.78 is 0.911. The first-order valence-corrected chi connectivity index (χ1v) is 9.90. The predicted molar refractivity (Wildman–Crippen MR) is 109 cm³/mol. The van der Waals surface area contributed by atoms with Crippen molar-refractivity contribution < 1.29 is 4.79 Å². The molecule has 2 aromatic heterocycles. The van der Waals surface area contributed by atoms with Gasteiger partial charge in [-0.25, -0.2) is 0 Å². The Hall–Kier alpha value is -1.94. The van der Waals surface area contributed by atoms with Crippen molar-refractivity contribution in [2.75, 3.05) is 11.9 Å². The van der Waals surface area contributed by atoms with Gasteiger partial charge in [0.15, 0.2) is 10.0 Å². The van der Waals surface area contributed by atoms with E-state index in [0.717, 1.165) is 49.7 Å². The van der Waals surface area contributed by atoms with Crippen LogP contribution in [0.5, 0.6) is 0 Å². The minimum atomic E-state index is -0.186. The average Bonchev–Trinajstić information content (AvgIpc) is 3.23. The van der Waals surface area contributed by atoms with E-state index in [1.807, 2.05) is 32.0 Å². The van der Waals surface area contributed by atoms with Crippen LogP contribution in [0, 0.1) is 13.8 Å². The summed E-state index contributed by atoms with van der Waals surface area (Å²) in [6.07, 6.45) is 0.867. The zero-order chi connectivity index (χ0) is 18.1. The Morgan fingerprint density at radius 2 is 2.15 bits per heavy atom. The molecule has 0 saturated carbocycles. The number of fused-ring (bicyclic) bond motifs is 1. The van der Waals surface area contributed by atoms with E-state index in [2.05, 4.69) is 31.0 Å². The lowest BCUT2D eigenvalue weighted by Crippen LogP contribution is -2.25. The molecule has 0 unspecified atom stereocenters. The second-order valence-electron chi connectivity index (χ2n) is 6.08. The molecular weight excluding hydrogens is 404 g/mol. The summed E-state index contributed by atoms with van der Waals surface area (Å²) in [6.45, 7) is 5.49. The van der Waals surface area contributed by atoms with Crippen molar-refractivity contribution in [2.45, 2.75) is 36.0 Å². The van der Waals surface area contributed by atoms with Crippen molar-refractivity contribution in [1.29, 1.82) is 0 Å². The maximum Gasteiger partial charge on any atom is 0.276 e. The van der Waals surface area contributed by atoms with Gasteiger partial charge in [-0.1, -0.05) is 23.1 Å². The highest BCUT2D eigenvalue weighted by Gasteiger charge is 2.22. The molecule has 1 aromatic carbocycles. The lowest BCUT2D eigenvalue weighted by Gasteiger charge is -2.13. The number of anilines is 1. The highest BCUT2D eigenvalue weighted by atomic mass is 35.5. The fourth-order valence-corrected chi connectivity index (χ4v) is 4.74. The summed E-state index contributed by atoms with van der Waals surface area (Å²) >= 11 is 3.14. The first-order valence-electron chi connectivity index (χ1n) is 8.27. The number of nitrogens with one attached hydrogen (secondary N) is 3. The van der Waals surface area contributed by atoms with Crippen LogP contribution in [0.1, 0.15) is 32.3 Å². The summed E-state index contributed by atoms with van der Waals surface area (Å²) in [7, 11) is 0. The normalized spacial score (nSPS) is 13.0. The van der Waals surface area contributed by atoms with Gasteiger partial charge in [0.2, 0.25) is 0 Å². The Labute approximate surface area is 171 Å². The number of aryl methyl sites for hydroxylation is 2. The minimum Gasteiger partial charge on any atom is -0.320 e. The summed E-state index contributed by atoms with van der Waals surface area (Å²) in [5.41, 5.74) is 4.25. The van der Waals surface area contributed by atoms with Gasteiger partial charge in [0, 0.05) is 41.4 Å². The third-order valence-electron chi connectivity index (χ3n) is 4.18. The Morgan fingerprint density at radius 1 is 1.30 bits per heavy atom. The SMILES string of the molecule is Cc1nnc(Sc2ccc(NC(=O)c3n[nH]c4c3CNCC4)c(C)c2)s1.Cl. The van der Waals surface area contributed by atoms with Crippen LogP contribution in [0.4, 0.5) is 5.69 Å². The maximum atomic E-state index is 12.6. The molecule has 0 aliphatic carbocycles. The second kappa shape index (κ2) is 8.39. The molecular formula is C17H19ClN6OS2. The molecule has 10 heteroatoms. The molecule has 4 rings (SSSR count). The molecule has 0 radical (unpaired) electrons. The zero-order valence-electron chi connectivity index (χ0n) is 14.8. The van der Waals surface area contributed by atoms with Crippen LogP contribution in [0.2, 0.25) is 0 Å².